The van der Waals surface area contributed by atoms with Gasteiger partial charge in [0.1, 0.15) is 11.3 Å². The van der Waals surface area contributed by atoms with E-state index in [1.807, 2.05) is 59.9 Å². The Balaban J connectivity index is 1.11. The van der Waals surface area contributed by atoms with E-state index in [9.17, 15) is 0 Å². The van der Waals surface area contributed by atoms with Crippen LogP contribution in [0, 0.1) is 0 Å². The summed E-state index contributed by atoms with van der Waals surface area (Å²) in [5.41, 5.74) is 11.3. The van der Waals surface area contributed by atoms with Gasteiger partial charge in [-0.25, -0.2) is 15.0 Å². The Labute approximate surface area is 314 Å². The van der Waals surface area contributed by atoms with Crippen molar-refractivity contribution in [1.82, 2.24) is 15.0 Å². The molecule has 0 saturated carbocycles. The molecule has 0 bridgehead atoms. The summed E-state index contributed by atoms with van der Waals surface area (Å²) in [6.07, 6.45) is 0. The Bertz CT molecular complexity index is 3160. The van der Waals surface area contributed by atoms with Crippen molar-refractivity contribution in [3.8, 4) is 56.3 Å². The van der Waals surface area contributed by atoms with Crippen molar-refractivity contribution in [1.29, 1.82) is 0 Å². The van der Waals surface area contributed by atoms with Crippen LogP contribution in [-0.4, -0.2) is 15.0 Å². The number of hydrogen-bond acceptors (Lipinski definition) is 5. The summed E-state index contributed by atoms with van der Waals surface area (Å²) in [5, 5.41) is 5.78. The van der Waals surface area contributed by atoms with Crippen molar-refractivity contribution in [2.75, 3.05) is 0 Å². The highest BCUT2D eigenvalue weighted by molar-refractivity contribution is 7.25. The van der Waals surface area contributed by atoms with Gasteiger partial charge in [-0.2, -0.15) is 0 Å². The van der Waals surface area contributed by atoms with Crippen LogP contribution >= 0.6 is 11.3 Å². The number of rotatable bonds is 5. The molecule has 0 aliphatic carbocycles. The fourth-order valence-electron chi connectivity index (χ4n) is 7.76. The highest BCUT2D eigenvalue weighted by Crippen LogP contribution is 2.44. The quantitative estimate of drug-likeness (QED) is 0.179. The fraction of sp³-hybridized carbons (Fsp3) is 0. The van der Waals surface area contributed by atoms with Crippen LogP contribution in [0.5, 0.6) is 0 Å². The zero-order valence-electron chi connectivity index (χ0n) is 28.9. The van der Waals surface area contributed by atoms with E-state index >= 15 is 0 Å². The number of benzene rings is 7. The van der Waals surface area contributed by atoms with Gasteiger partial charge in [0.25, 0.3) is 0 Å². The van der Waals surface area contributed by atoms with Gasteiger partial charge in [0.2, 0.25) is 0 Å². The highest BCUT2D eigenvalue weighted by atomic mass is 32.1. The van der Waals surface area contributed by atoms with Crippen molar-refractivity contribution in [3.05, 3.63) is 176 Å². The van der Waals surface area contributed by atoms with Gasteiger partial charge in [-0.3, -0.25) is 0 Å². The van der Waals surface area contributed by atoms with E-state index in [0.29, 0.717) is 5.82 Å². The van der Waals surface area contributed by atoms with Crippen LogP contribution in [0.2, 0.25) is 0 Å². The molecule has 0 radical (unpaired) electrons. The van der Waals surface area contributed by atoms with Gasteiger partial charge in [0, 0.05) is 58.6 Å². The van der Waals surface area contributed by atoms with E-state index in [0.717, 1.165) is 77.7 Å². The monoisotopic (exact) mass is 707 g/mol. The van der Waals surface area contributed by atoms with Gasteiger partial charge in [-0.1, -0.05) is 133 Å². The van der Waals surface area contributed by atoms with Gasteiger partial charge < -0.3 is 4.42 Å². The first-order valence-corrected chi connectivity index (χ1v) is 18.8. The molecule has 11 aromatic rings. The minimum atomic E-state index is 0.651. The topological polar surface area (TPSA) is 51.8 Å². The lowest BCUT2D eigenvalue weighted by Gasteiger charge is -2.12. The van der Waals surface area contributed by atoms with Gasteiger partial charge in [-0.05, 0) is 53.6 Å². The third kappa shape index (κ3) is 5.01. The number of hydrogen-bond donors (Lipinski definition) is 0. The smallest absolute Gasteiger partial charge is 0.162 e. The van der Waals surface area contributed by atoms with E-state index in [1.54, 1.807) is 0 Å². The van der Waals surface area contributed by atoms with Gasteiger partial charge in [-0.15, -0.1) is 11.3 Å². The fourth-order valence-corrected chi connectivity index (χ4v) is 8.89. The minimum Gasteiger partial charge on any atom is -0.454 e. The average Bonchev–Trinajstić information content (AvgIpc) is 3.83. The maximum absolute atomic E-state index is 6.71. The zero-order valence-corrected chi connectivity index (χ0v) is 29.7. The summed E-state index contributed by atoms with van der Waals surface area (Å²) in [7, 11) is 0. The largest absolute Gasteiger partial charge is 0.454 e. The second kappa shape index (κ2) is 12.3. The number of furan rings is 1. The molecule has 0 unspecified atom stereocenters. The van der Waals surface area contributed by atoms with E-state index < -0.39 is 0 Å². The standard InChI is InChI=1S/C49H29N3OS/c1-3-13-30(14-4-1)40-29-41(31-15-5-2-6-16-31)52-49(51-40)34-18-11-17-33(27-34)47-48-46(36-19-7-9-22-42(36)53-48)38-28-32(25-26-39(38)50-47)35-21-12-24-44-45(35)37-20-8-10-23-43(37)54-44/h1-29H. The maximum Gasteiger partial charge on any atom is 0.162 e. The Morgan fingerprint density at radius 2 is 1.06 bits per heavy atom. The Hall–Kier alpha value is -6.95. The predicted octanol–water partition coefficient (Wildman–Crippen LogP) is 13.6. The molecule has 0 amide bonds. The van der Waals surface area contributed by atoms with Crippen molar-refractivity contribution < 1.29 is 4.42 Å². The van der Waals surface area contributed by atoms with E-state index in [1.165, 1.54) is 25.7 Å². The highest BCUT2D eigenvalue weighted by Gasteiger charge is 2.20. The summed E-state index contributed by atoms with van der Waals surface area (Å²) in [4.78, 5) is 15.5. The molecule has 0 aliphatic heterocycles. The molecule has 0 spiro atoms. The van der Waals surface area contributed by atoms with Gasteiger partial charge >= 0.3 is 0 Å². The Morgan fingerprint density at radius 3 is 1.85 bits per heavy atom. The summed E-state index contributed by atoms with van der Waals surface area (Å²) in [5.74, 6) is 0.651. The first-order valence-electron chi connectivity index (χ1n) is 18.0. The van der Waals surface area contributed by atoms with Crippen LogP contribution in [-0.2, 0) is 0 Å². The lowest BCUT2D eigenvalue weighted by molar-refractivity contribution is 0.669. The first kappa shape index (κ1) is 30.7. The Kier molecular flexibility index (Phi) is 7.00. The SMILES string of the molecule is c1ccc(-c2cc(-c3ccccc3)nc(-c3cccc(-c4nc5ccc(-c6cccc7sc8ccccc8c67)cc5c5c4oc4ccccc45)c3)n2)cc1. The molecule has 11 rings (SSSR count). The molecule has 4 aromatic heterocycles. The minimum absolute atomic E-state index is 0.651. The molecule has 0 atom stereocenters. The number of thiophene rings is 1. The molecule has 4 heterocycles. The molecule has 5 heteroatoms. The first-order chi connectivity index (χ1) is 26.7. The second-order valence-electron chi connectivity index (χ2n) is 13.5. The van der Waals surface area contributed by atoms with E-state index in [2.05, 4.69) is 127 Å². The molecule has 54 heavy (non-hydrogen) atoms. The van der Waals surface area contributed by atoms with Crippen LogP contribution < -0.4 is 0 Å². The second-order valence-corrected chi connectivity index (χ2v) is 14.6. The normalized spacial score (nSPS) is 11.7. The van der Waals surface area contributed by atoms with Crippen molar-refractivity contribution in [2.45, 2.75) is 0 Å². The van der Waals surface area contributed by atoms with Crippen LogP contribution in [0.25, 0.3) is 109 Å². The molecular formula is C49H29N3OS. The predicted molar refractivity (Wildman–Crippen MR) is 225 cm³/mol. The van der Waals surface area contributed by atoms with Crippen LogP contribution in [0.15, 0.2) is 180 Å². The number of nitrogens with zero attached hydrogens (tertiary/aromatic N) is 3. The molecule has 0 fully saturated rings. The molecule has 0 saturated heterocycles. The van der Waals surface area contributed by atoms with Gasteiger partial charge in [0.15, 0.2) is 11.4 Å². The number of pyridine rings is 1. The van der Waals surface area contributed by atoms with Crippen molar-refractivity contribution >= 4 is 64.4 Å². The van der Waals surface area contributed by atoms with Crippen LogP contribution in [0.4, 0.5) is 0 Å². The third-order valence-corrected chi connectivity index (χ3v) is 11.4. The molecule has 252 valence electrons. The van der Waals surface area contributed by atoms with E-state index in [4.69, 9.17) is 19.4 Å². The number of fused-ring (bicyclic) bond motifs is 8. The average molecular weight is 708 g/mol. The summed E-state index contributed by atoms with van der Waals surface area (Å²) in [6, 6.07) is 61.2. The van der Waals surface area contributed by atoms with Gasteiger partial charge in [0.05, 0.1) is 16.9 Å². The third-order valence-electron chi connectivity index (χ3n) is 10.3. The number of aromatic nitrogens is 3. The molecule has 7 aromatic carbocycles. The summed E-state index contributed by atoms with van der Waals surface area (Å²) < 4.78 is 9.30. The Morgan fingerprint density at radius 1 is 0.407 bits per heavy atom. The maximum atomic E-state index is 6.71. The zero-order chi connectivity index (χ0) is 35.6. The summed E-state index contributed by atoms with van der Waals surface area (Å²) >= 11 is 1.84. The molecule has 0 N–H and O–H groups in total. The van der Waals surface area contributed by atoms with Crippen molar-refractivity contribution in [3.63, 3.8) is 0 Å². The number of para-hydroxylation sites is 1. The summed E-state index contributed by atoms with van der Waals surface area (Å²) in [6.45, 7) is 0. The van der Waals surface area contributed by atoms with Crippen molar-refractivity contribution in [2.24, 2.45) is 0 Å². The molecule has 0 aliphatic rings. The molecular weight excluding hydrogens is 679 g/mol. The lowest BCUT2D eigenvalue weighted by Crippen LogP contribution is -1.96. The van der Waals surface area contributed by atoms with E-state index in [-0.39, 0.29) is 0 Å². The molecule has 4 nitrogen and oxygen atoms in total. The van der Waals surface area contributed by atoms with Crippen LogP contribution in [0.3, 0.4) is 0 Å². The lowest BCUT2D eigenvalue weighted by atomic mass is 9.96. The van der Waals surface area contributed by atoms with Crippen LogP contribution in [0.1, 0.15) is 0 Å².